The zero-order valence-electron chi connectivity index (χ0n) is 13.4. The minimum atomic E-state index is 0.0618. The van der Waals surface area contributed by atoms with Crippen LogP contribution in [0.25, 0.3) is 0 Å². The molecule has 5 heteroatoms. The van der Waals surface area contributed by atoms with Crippen molar-refractivity contribution in [1.82, 2.24) is 15.1 Å². The molecule has 0 saturated heterocycles. The summed E-state index contributed by atoms with van der Waals surface area (Å²) in [4.78, 5) is 12.2. The van der Waals surface area contributed by atoms with Crippen molar-refractivity contribution < 1.29 is 9.53 Å². The first-order valence-electron chi connectivity index (χ1n) is 8.21. The molecule has 0 bridgehead atoms. The second-order valence-corrected chi connectivity index (χ2v) is 6.11. The van der Waals surface area contributed by atoms with Gasteiger partial charge in [-0.3, -0.25) is 9.48 Å². The van der Waals surface area contributed by atoms with Crippen LogP contribution in [0.4, 0.5) is 0 Å². The normalized spacial score (nSPS) is 20.4. The summed E-state index contributed by atoms with van der Waals surface area (Å²) in [6, 6.07) is 9.90. The fourth-order valence-electron chi connectivity index (χ4n) is 2.99. The lowest BCUT2D eigenvalue weighted by molar-refractivity contribution is -0.122. The van der Waals surface area contributed by atoms with E-state index in [0.717, 1.165) is 30.6 Å². The quantitative estimate of drug-likeness (QED) is 0.892. The third-order valence-electron chi connectivity index (χ3n) is 4.16. The number of rotatable bonds is 6. The molecular formula is C18H23N3O2. The molecule has 0 radical (unpaired) electrons. The number of ether oxygens (including phenoxy) is 1. The second-order valence-electron chi connectivity index (χ2n) is 6.11. The Kier molecular flexibility index (Phi) is 4.95. The molecule has 1 saturated carbocycles. The van der Waals surface area contributed by atoms with Crippen LogP contribution in [-0.2, 0) is 11.3 Å². The SMILES string of the molecule is Cc1cnn(CCC(=O)N[C@H]2CCC[C@H]2Oc2ccccc2)c1. The van der Waals surface area contributed by atoms with E-state index in [1.807, 2.05) is 48.1 Å². The van der Waals surface area contributed by atoms with Gasteiger partial charge in [0, 0.05) is 19.2 Å². The summed E-state index contributed by atoms with van der Waals surface area (Å²) in [6.45, 7) is 2.60. The Morgan fingerprint density at radius 3 is 2.91 bits per heavy atom. The third-order valence-corrected chi connectivity index (χ3v) is 4.16. The van der Waals surface area contributed by atoms with Gasteiger partial charge in [-0.05, 0) is 43.9 Å². The number of benzene rings is 1. The third kappa shape index (κ3) is 4.34. The minimum Gasteiger partial charge on any atom is -0.488 e. The summed E-state index contributed by atoms with van der Waals surface area (Å²) in [7, 11) is 0. The number of hydrogen-bond donors (Lipinski definition) is 1. The molecule has 1 heterocycles. The molecule has 3 rings (SSSR count). The van der Waals surface area contributed by atoms with Gasteiger partial charge in [0.15, 0.2) is 0 Å². The molecule has 1 aromatic carbocycles. The van der Waals surface area contributed by atoms with Crippen molar-refractivity contribution in [3.8, 4) is 5.75 Å². The summed E-state index contributed by atoms with van der Waals surface area (Å²) in [5.41, 5.74) is 1.11. The number of carbonyl (C=O) groups is 1. The molecule has 1 fully saturated rings. The lowest BCUT2D eigenvalue weighted by Crippen LogP contribution is -2.42. The Bertz CT molecular complexity index is 639. The van der Waals surface area contributed by atoms with Crippen LogP contribution in [0.5, 0.6) is 5.75 Å². The van der Waals surface area contributed by atoms with Crippen molar-refractivity contribution in [2.45, 2.75) is 51.3 Å². The maximum atomic E-state index is 12.2. The van der Waals surface area contributed by atoms with Crippen molar-refractivity contribution >= 4 is 5.91 Å². The Labute approximate surface area is 136 Å². The number of hydrogen-bond acceptors (Lipinski definition) is 3. The van der Waals surface area contributed by atoms with E-state index in [1.165, 1.54) is 0 Å². The molecule has 0 aliphatic heterocycles. The van der Waals surface area contributed by atoms with Crippen molar-refractivity contribution in [1.29, 1.82) is 0 Å². The first-order valence-corrected chi connectivity index (χ1v) is 8.21. The summed E-state index contributed by atoms with van der Waals surface area (Å²) in [5, 5.41) is 7.32. The lowest BCUT2D eigenvalue weighted by Gasteiger charge is -2.22. The van der Waals surface area contributed by atoms with Gasteiger partial charge in [-0.2, -0.15) is 5.10 Å². The molecule has 23 heavy (non-hydrogen) atoms. The predicted molar refractivity (Wildman–Crippen MR) is 88.2 cm³/mol. The van der Waals surface area contributed by atoms with Crippen LogP contribution < -0.4 is 10.1 Å². The van der Waals surface area contributed by atoms with Gasteiger partial charge in [-0.25, -0.2) is 0 Å². The monoisotopic (exact) mass is 313 g/mol. The maximum Gasteiger partial charge on any atom is 0.222 e. The van der Waals surface area contributed by atoms with E-state index >= 15 is 0 Å². The van der Waals surface area contributed by atoms with Crippen molar-refractivity contribution in [2.24, 2.45) is 0 Å². The van der Waals surface area contributed by atoms with E-state index in [1.54, 1.807) is 6.20 Å². The number of aromatic nitrogens is 2. The van der Waals surface area contributed by atoms with Crippen molar-refractivity contribution in [2.75, 3.05) is 0 Å². The van der Waals surface area contributed by atoms with Crippen LogP contribution in [0, 0.1) is 6.92 Å². The van der Waals surface area contributed by atoms with E-state index in [2.05, 4.69) is 10.4 Å². The molecule has 1 amide bonds. The largest absolute Gasteiger partial charge is 0.488 e. The smallest absolute Gasteiger partial charge is 0.222 e. The molecule has 122 valence electrons. The highest BCUT2D eigenvalue weighted by Crippen LogP contribution is 2.24. The Morgan fingerprint density at radius 1 is 1.35 bits per heavy atom. The van der Waals surface area contributed by atoms with Crippen molar-refractivity contribution in [3.05, 3.63) is 48.3 Å². The number of carbonyl (C=O) groups excluding carboxylic acids is 1. The lowest BCUT2D eigenvalue weighted by atomic mass is 10.2. The fourth-order valence-corrected chi connectivity index (χ4v) is 2.99. The fraction of sp³-hybridized carbons (Fsp3) is 0.444. The van der Waals surface area contributed by atoms with Gasteiger partial charge in [0.2, 0.25) is 5.91 Å². The highest BCUT2D eigenvalue weighted by Gasteiger charge is 2.30. The van der Waals surface area contributed by atoms with E-state index in [4.69, 9.17) is 4.74 Å². The number of para-hydroxylation sites is 1. The van der Waals surface area contributed by atoms with Gasteiger partial charge < -0.3 is 10.1 Å². The molecule has 2 atom stereocenters. The molecular weight excluding hydrogens is 290 g/mol. The van der Waals surface area contributed by atoms with Crippen LogP contribution in [0.2, 0.25) is 0 Å². The molecule has 1 N–H and O–H groups in total. The van der Waals surface area contributed by atoms with Crippen LogP contribution in [0.15, 0.2) is 42.7 Å². The number of aryl methyl sites for hydroxylation is 2. The zero-order chi connectivity index (χ0) is 16.1. The Morgan fingerprint density at radius 2 is 2.17 bits per heavy atom. The first kappa shape index (κ1) is 15.6. The van der Waals surface area contributed by atoms with Gasteiger partial charge in [0.25, 0.3) is 0 Å². The summed E-state index contributed by atoms with van der Waals surface area (Å²) in [6.07, 6.45) is 7.30. The number of nitrogens with zero attached hydrogens (tertiary/aromatic N) is 2. The van der Waals surface area contributed by atoms with E-state index in [-0.39, 0.29) is 18.1 Å². The molecule has 0 spiro atoms. The molecule has 1 aromatic heterocycles. The van der Waals surface area contributed by atoms with Gasteiger partial charge in [-0.1, -0.05) is 18.2 Å². The van der Waals surface area contributed by atoms with E-state index in [0.29, 0.717) is 13.0 Å². The van der Waals surface area contributed by atoms with Crippen LogP contribution in [0.1, 0.15) is 31.2 Å². The number of amides is 1. The van der Waals surface area contributed by atoms with Gasteiger partial charge in [0.05, 0.1) is 12.2 Å². The number of nitrogens with one attached hydrogen (secondary N) is 1. The Hall–Kier alpha value is -2.30. The summed E-state index contributed by atoms with van der Waals surface area (Å²) in [5.74, 6) is 0.928. The average molecular weight is 313 g/mol. The van der Waals surface area contributed by atoms with Crippen molar-refractivity contribution in [3.63, 3.8) is 0 Å². The van der Waals surface area contributed by atoms with Gasteiger partial charge in [-0.15, -0.1) is 0 Å². The topological polar surface area (TPSA) is 56.2 Å². The van der Waals surface area contributed by atoms with E-state index < -0.39 is 0 Å². The molecule has 1 aliphatic rings. The van der Waals surface area contributed by atoms with Gasteiger partial charge in [0.1, 0.15) is 11.9 Å². The summed E-state index contributed by atoms with van der Waals surface area (Å²) < 4.78 is 7.83. The highest BCUT2D eigenvalue weighted by atomic mass is 16.5. The first-order chi connectivity index (χ1) is 11.2. The second kappa shape index (κ2) is 7.31. The van der Waals surface area contributed by atoms with Gasteiger partial charge >= 0.3 is 0 Å². The molecule has 1 aliphatic carbocycles. The highest BCUT2D eigenvalue weighted by molar-refractivity contribution is 5.76. The Balaban J connectivity index is 1.48. The van der Waals surface area contributed by atoms with Crippen LogP contribution in [-0.4, -0.2) is 27.8 Å². The predicted octanol–water partition coefficient (Wildman–Crippen LogP) is 2.70. The maximum absolute atomic E-state index is 12.2. The van der Waals surface area contributed by atoms with Crippen LogP contribution in [0.3, 0.4) is 0 Å². The standard InChI is InChI=1S/C18H23N3O2/c1-14-12-19-21(13-14)11-10-18(22)20-16-8-5-9-17(16)23-15-6-3-2-4-7-15/h2-4,6-7,12-13,16-17H,5,8-11H2,1H3,(H,20,22)/t16-,17+/m0/s1. The molecule has 0 unspecified atom stereocenters. The zero-order valence-corrected chi connectivity index (χ0v) is 13.4. The molecule has 5 nitrogen and oxygen atoms in total. The summed E-state index contributed by atoms with van der Waals surface area (Å²) >= 11 is 0. The minimum absolute atomic E-state index is 0.0618. The van der Waals surface area contributed by atoms with Crippen LogP contribution >= 0.6 is 0 Å². The average Bonchev–Trinajstić information content (AvgIpc) is 3.16. The molecule has 2 aromatic rings. The van der Waals surface area contributed by atoms with E-state index in [9.17, 15) is 4.79 Å².